The summed E-state index contributed by atoms with van der Waals surface area (Å²) in [4.78, 5) is 25.2. The summed E-state index contributed by atoms with van der Waals surface area (Å²) in [5.74, 6) is -0.503. The van der Waals surface area contributed by atoms with Gasteiger partial charge in [0, 0.05) is 19.4 Å². The molecular formula is C51H86O5. The lowest BCUT2D eigenvalue weighted by Crippen LogP contribution is -2.30. The van der Waals surface area contributed by atoms with E-state index in [1.807, 2.05) is 6.08 Å². The molecule has 1 unspecified atom stereocenters. The molecule has 0 heterocycles. The van der Waals surface area contributed by atoms with E-state index in [9.17, 15) is 9.59 Å². The Balaban J connectivity index is 4.34. The molecule has 0 bridgehead atoms. The van der Waals surface area contributed by atoms with Gasteiger partial charge >= 0.3 is 11.9 Å². The van der Waals surface area contributed by atoms with Crippen LogP contribution in [-0.4, -0.2) is 37.9 Å². The first-order chi connectivity index (χ1) is 27.6. The lowest BCUT2D eigenvalue weighted by atomic mass is 10.1. The number of rotatable bonds is 41. The molecule has 5 heteroatoms. The smallest absolute Gasteiger partial charge is 0.306 e. The van der Waals surface area contributed by atoms with Crippen LogP contribution < -0.4 is 0 Å². The highest BCUT2D eigenvalue weighted by molar-refractivity contribution is 5.70. The van der Waals surface area contributed by atoms with Crippen LogP contribution in [0.25, 0.3) is 0 Å². The molecule has 0 aromatic heterocycles. The summed E-state index contributed by atoms with van der Waals surface area (Å²) in [6, 6.07) is 0. The van der Waals surface area contributed by atoms with Crippen LogP contribution in [0.4, 0.5) is 0 Å². The number of unbranched alkanes of at least 4 members (excludes halogenated alkanes) is 16. The van der Waals surface area contributed by atoms with Crippen molar-refractivity contribution in [3.8, 4) is 0 Å². The highest BCUT2D eigenvalue weighted by Gasteiger charge is 2.17. The summed E-state index contributed by atoms with van der Waals surface area (Å²) in [6.45, 7) is 7.56. The maximum absolute atomic E-state index is 12.7. The average molecular weight is 779 g/mol. The molecule has 56 heavy (non-hydrogen) atoms. The zero-order valence-corrected chi connectivity index (χ0v) is 36.6. The predicted octanol–water partition coefficient (Wildman–Crippen LogP) is 15.3. The SMILES string of the molecule is CC/C=C\C/C=C\C/C=C\C/C=C\C/C=C\C/C=C\CCC(=O)OCC(COCCCCCCCC/C=C\CCCC)OC(=O)CCCCCCCCCCC. The second-order valence-corrected chi connectivity index (χ2v) is 14.9. The highest BCUT2D eigenvalue weighted by Crippen LogP contribution is 2.12. The van der Waals surface area contributed by atoms with Crippen molar-refractivity contribution in [2.45, 2.75) is 207 Å². The minimum atomic E-state index is -0.568. The molecule has 0 fully saturated rings. The van der Waals surface area contributed by atoms with Gasteiger partial charge in [0.25, 0.3) is 0 Å². The standard InChI is InChI=1S/C51H86O5/c1-4-7-10-13-16-19-21-23-24-25-26-27-28-29-30-33-35-38-41-44-50(52)55-48-49(56-51(53)45-42-39-36-32-18-15-12-9-6-3)47-54-46-43-40-37-34-31-22-20-17-14-11-8-5-2/h7,10,14,16-17,19,23-24,26-27,29-30,35,38,49H,4-6,8-9,11-13,15,18,20-22,25,28,31-34,36-37,39-48H2,1-3H3/b10-7-,17-14-,19-16-,24-23-,27-26-,30-29-,38-35-. The Morgan fingerprint density at radius 3 is 1.41 bits per heavy atom. The van der Waals surface area contributed by atoms with Crippen molar-refractivity contribution in [1.82, 2.24) is 0 Å². The fraction of sp³-hybridized carbons (Fsp3) is 0.686. The van der Waals surface area contributed by atoms with Gasteiger partial charge in [-0.05, 0) is 77.0 Å². The zero-order valence-electron chi connectivity index (χ0n) is 36.6. The Bertz CT molecular complexity index is 1060. The molecular weight excluding hydrogens is 693 g/mol. The van der Waals surface area contributed by atoms with Crippen molar-refractivity contribution in [2.75, 3.05) is 19.8 Å². The molecule has 0 N–H and O–H groups in total. The minimum Gasteiger partial charge on any atom is -0.462 e. The summed E-state index contributed by atoms with van der Waals surface area (Å²) < 4.78 is 17.2. The van der Waals surface area contributed by atoms with Crippen molar-refractivity contribution in [2.24, 2.45) is 0 Å². The summed E-state index contributed by atoms with van der Waals surface area (Å²) in [5, 5.41) is 0. The van der Waals surface area contributed by atoms with E-state index in [1.54, 1.807) is 0 Å². The Hall–Kier alpha value is -2.92. The van der Waals surface area contributed by atoms with Gasteiger partial charge in [-0.2, -0.15) is 0 Å². The molecule has 0 radical (unpaired) electrons. The first kappa shape index (κ1) is 53.1. The number of hydrogen-bond acceptors (Lipinski definition) is 5. The molecule has 0 rings (SSSR count). The lowest BCUT2D eigenvalue weighted by Gasteiger charge is -2.18. The molecule has 0 amide bonds. The number of ether oxygens (including phenoxy) is 3. The second kappa shape index (κ2) is 46.5. The van der Waals surface area contributed by atoms with Gasteiger partial charge < -0.3 is 14.2 Å². The summed E-state index contributed by atoms with van der Waals surface area (Å²) in [7, 11) is 0. The van der Waals surface area contributed by atoms with Gasteiger partial charge in [0.05, 0.1) is 6.61 Å². The molecule has 5 nitrogen and oxygen atoms in total. The topological polar surface area (TPSA) is 61.8 Å². The monoisotopic (exact) mass is 779 g/mol. The third-order valence-electron chi connectivity index (χ3n) is 9.43. The van der Waals surface area contributed by atoms with E-state index in [0.29, 0.717) is 25.9 Å². The van der Waals surface area contributed by atoms with Crippen molar-refractivity contribution in [1.29, 1.82) is 0 Å². The Kier molecular flexibility index (Phi) is 44.0. The van der Waals surface area contributed by atoms with Crippen LogP contribution in [0, 0.1) is 0 Å². The third kappa shape index (κ3) is 43.8. The van der Waals surface area contributed by atoms with Gasteiger partial charge in [-0.3, -0.25) is 9.59 Å². The number of hydrogen-bond donors (Lipinski definition) is 0. The summed E-state index contributed by atoms with van der Waals surface area (Å²) in [5.41, 5.74) is 0. The first-order valence-electron chi connectivity index (χ1n) is 23.1. The number of carbonyl (C=O) groups is 2. The Morgan fingerprint density at radius 1 is 0.411 bits per heavy atom. The van der Waals surface area contributed by atoms with E-state index >= 15 is 0 Å². The molecule has 0 saturated heterocycles. The predicted molar refractivity (Wildman–Crippen MR) is 242 cm³/mol. The van der Waals surface area contributed by atoms with Crippen molar-refractivity contribution in [3.05, 3.63) is 85.1 Å². The Labute approximate surface area is 346 Å². The van der Waals surface area contributed by atoms with Gasteiger partial charge in [-0.25, -0.2) is 0 Å². The normalized spacial score (nSPS) is 13.0. The van der Waals surface area contributed by atoms with E-state index in [4.69, 9.17) is 14.2 Å². The van der Waals surface area contributed by atoms with Crippen LogP contribution in [0.5, 0.6) is 0 Å². The van der Waals surface area contributed by atoms with E-state index in [0.717, 1.165) is 70.6 Å². The van der Waals surface area contributed by atoms with Crippen LogP contribution in [0.15, 0.2) is 85.1 Å². The van der Waals surface area contributed by atoms with Gasteiger partial charge in [0.15, 0.2) is 6.10 Å². The van der Waals surface area contributed by atoms with E-state index in [-0.39, 0.29) is 25.2 Å². The largest absolute Gasteiger partial charge is 0.462 e. The fourth-order valence-electron chi connectivity index (χ4n) is 5.99. The van der Waals surface area contributed by atoms with Gasteiger partial charge in [-0.15, -0.1) is 0 Å². The highest BCUT2D eigenvalue weighted by atomic mass is 16.6. The van der Waals surface area contributed by atoms with E-state index in [1.165, 1.54) is 89.9 Å². The molecule has 320 valence electrons. The van der Waals surface area contributed by atoms with Crippen molar-refractivity contribution >= 4 is 11.9 Å². The van der Waals surface area contributed by atoms with Crippen LogP contribution in [0.3, 0.4) is 0 Å². The maximum Gasteiger partial charge on any atom is 0.306 e. The molecule has 0 spiro atoms. The van der Waals surface area contributed by atoms with Crippen LogP contribution in [0.2, 0.25) is 0 Å². The molecule has 0 aliphatic heterocycles. The van der Waals surface area contributed by atoms with Gasteiger partial charge in [0.2, 0.25) is 0 Å². The van der Waals surface area contributed by atoms with E-state index < -0.39 is 6.10 Å². The lowest BCUT2D eigenvalue weighted by molar-refractivity contribution is -0.162. The first-order valence-corrected chi connectivity index (χ1v) is 23.1. The molecule has 0 aromatic carbocycles. The minimum absolute atomic E-state index is 0.0406. The molecule has 0 aromatic rings. The van der Waals surface area contributed by atoms with Crippen molar-refractivity contribution in [3.63, 3.8) is 0 Å². The van der Waals surface area contributed by atoms with Gasteiger partial charge in [0.1, 0.15) is 6.61 Å². The maximum atomic E-state index is 12.7. The molecule has 1 atom stereocenters. The molecule has 0 aliphatic rings. The fourth-order valence-corrected chi connectivity index (χ4v) is 5.99. The van der Waals surface area contributed by atoms with Crippen LogP contribution in [-0.2, 0) is 23.8 Å². The average Bonchev–Trinajstić information content (AvgIpc) is 3.20. The molecule has 0 aliphatic carbocycles. The number of allylic oxidation sites excluding steroid dienone is 14. The van der Waals surface area contributed by atoms with Crippen LogP contribution >= 0.6 is 0 Å². The van der Waals surface area contributed by atoms with Crippen molar-refractivity contribution < 1.29 is 23.8 Å². The second-order valence-electron chi connectivity index (χ2n) is 14.9. The third-order valence-corrected chi connectivity index (χ3v) is 9.43. The quantitative estimate of drug-likeness (QED) is 0.0351. The van der Waals surface area contributed by atoms with Crippen LogP contribution in [0.1, 0.15) is 201 Å². The number of carbonyl (C=O) groups excluding carboxylic acids is 2. The van der Waals surface area contributed by atoms with Gasteiger partial charge in [-0.1, -0.05) is 196 Å². The van der Waals surface area contributed by atoms with E-state index in [2.05, 4.69) is 99.8 Å². The molecule has 0 saturated carbocycles. The summed E-state index contributed by atoms with van der Waals surface area (Å²) >= 11 is 0. The summed E-state index contributed by atoms with van der Waals surface area (Å²) in [6.07, 6.45) is 60.2. The number of esters is 2. The zero-order chi connectivity index (χ0) is 40.7. The Morgan fingerprint density at radius 2 is 0.857 bits per heavy atom.